The van der Waals surface area contributed by atoms with Gasteiger partial charge in [0.15, 0.2) is 0 Å². The van der Waals surface area contributed by atoms with E-state index in [1.165, 1.54) is 0 Å². The fourth-order valence-corrected chi connectivity index (χ4v) is 3.65. The Bertz CT molecular complexity index is 1330. The number of aromatic amines is 2. The monoisotopic (exact) mass is 417 g/mol. The van der Waals surface area contributed by atoms with Crippen molar-refractivity contribution in [1.29, 1.82) is 0 Å². The first-order chi connectivity index (χ1) is 14.9. The van der Waals surface area contributed by atoms with Crippen molar-refractivity contribution >= 4 is 23.3 Å². The fourth-order valence-electron chi connectivity index (χ4n) is 3.65. The number of hydrogen-bond donors (Lipinski definition) is 5. The van der Waals surface area contributed by atoms with Gasteiger partial charge in [0.05, 0.1) is 16.6 Å². The molecule has 0 fully saturated rings. The van der Waals surface area contributed by atoms with Crippen LogP contribution in [0.3, 0.4) is 0 Å². The number of carbonyl (C=O) groups is 1. The second-order valence-electron chi connectivity index (χ2n) is 7.50. The van der Waals surface area contributed by atoms with Gasteiger partial charge in [-0.15, -0.1) is 0 Å². The van der Waals surface area contributed by atoms with Gasteiger partial charge in [0.25, 0.3) is 5.56 Å². The molecule has 2 heterocycles. The van der Waals surface area contributed by atoms with E-state index in [1.54, 1.807) is 6.08 Å². The highest BCUT2D eigenvalue weighted by Crippen LogP contribution is 2.22. The van der Waals surface area contributed by atoms with Crippen LogP contribution in [0.25, 0.3) is 11.6 Å². The van der Waals surface area contributed by atoms with Gasteiger partial charge in [0.1, 0.15) is 6.04 Å². The fraction of sp³-hybridized carbons (Fsp3) is 0.174. The van der Waals surface area contributed by atoms with Crippen molar-refractivity contribution in [2.75, 3.05) is 5.73 Å². The summed E-state index contributed by atoms with van der Waals surface area (Å²) in [4.78, 5) is 28.4. The number of hydrogen-bond acceptors (Lipinski definition) is 5. The van der Waals surface area contributed by atoms with Crippen molar-refractivity contribution in [2.24, 2.45) is 10.7 Å². The topological polar surface area (TPSA) is 150 Å². The highest BCUT2D eigenvalue weighted by Gasteiger charge is 2.21. The summed E-state index contributed by atoms with van der Waals surface area (Å²) in [6.45, 7) is 0. The summed E-state index contributed by atoms with van der Waals surface area (Å²) >= 11 is 0. The number of nitrogens with two attached hydrogens (primary N) is 2. The average Bonchev–Trinajstić information content (AvgIpc) is 3.28. The third kappa shape index (κ3) is 4.34. The van der Waals surface area contributed by atoms with Crippen molar-refractivity contribution in [3.8, 4) is 0 Å². The lowest BCUT2D eigenvalue weighted by molar-refractivity contribution is -0.138. The quantitative estimate of drug-likeness (QED) is 0.359. The summed E-state index contributed by atoms with van der Waals surface area (Å²) in [5, 5.41) is 16.4. The van der Waals surface area contributed by atoms with Crippen LogP contribution in [0.5, 0.6) is 0 Å². The molecule has 2 aromatic carbocycles. The predicted octanol–water partition coefficient (Wildman–Crippen LogP) is 0.697. The zero-order valence-corrected chi connectivity index (χ0v) is 16.8. The van der Waals surface area contributed by atoms with Gasteiger partial charge in [-0.1, -0.05) is 30.3 Å². The molecule has 3 aromatic rings. The summed E-state index contributed by atoms with van der Waals surface area (Å²) in [7, 11) is 0. The molecule has 31 heavy (non-hydrogen) atoms. The van der Waals surface area contributed by atoms with Gasteiger partial charge in [-0.25, -0.2) is 4.99 Å². The third-order valence-electron chi connectivity index (χ3n) is 5.34. The smallest absolute Gasteiger partial charge is 0.320 e. The van der Waals surface area contributed by atoms with E-state index in [2.05, 4.69) is 15.2 Å². The molecule has 158 valence electrons. The minimum atomic E-state index is -1.08. The van der Waals surface area contributed by atoms with E-state index >= 15 is 0 Å². The Kier molecular flexibility index (Phi) is 5.55. The van der Waals surface area contributed by atoms with Crippen LogP contribution in [-0.2, 0) is 17.6 Å². The molecule has 1 atom stereocenters. The number of nitrogen functional groups attached to an aromatic ring is 1. The molecule has 0 bridgehead atoms. The lowest BCUT2D eigenvalue weighted by Crippen LogP contribution is -2.32. The summed E-state index contributed by atoms with van der Waals surface area (Å²) < 4.78 is 0. The van der Waals surface area contributed by atoms with Gasteiger partial charge in [-0.05, 0) is 48.3 Å². The first-order valence-corrected chi connectivity index (χ1v) is 9.93. The number of aliphatic carboxylic acids is 1. The first-order valence-electron chi connectivity index (χ1n) is 9.93. The van der Waals surface area contributed by atoms with Gasteiger partial charge < -0.3 is 21.7 Å². The Hall–Kier alpha value is -3.91. The molecule has 4 rings (SSSR count). The molecule has 8 heteroatoms. The van der Waals surface area contributed by atoms with Crippen molar-refractivity contribution in [3.63, 3.8) is 0 Å². The second-order valence-corrected chi connectivity index (χ2v) is 7.50. The maximum absolute atomic E-state index is 12.5. The number of carboxylic acids is 1. The van der Waals surface area contributed by atoms with Gasteiger partial charge >= 0.3 is 5.97 Å². The molecule has 8 nitrogen and oxygen atoms in total. The van der Waals surface area contributed by atoms with Crippen molar-refractivity contribution in [2.45, 2.75) is 25.3 Å². The number of H-pyrrole nitrogens is 2. The molecule has 0 saturated heterocycles. The molecular weight excluding hydrogens is 394 g/mol. The van der Waals surface area contributed by atoms with Crippen LogP contribution in [0.15, 0.2) is 64.0 Å². The number of aromatic nitrogens is 2. The van der Waals surface area contributed by atoms with Gasteiger partial charge in [0.2, 0.25) is 0 Å². The molecule has 1 aliphatic rings. The third-order valence-corrected chi connectivity index (χ3v) is 5.34. The van der Waals surface area contributed by atoms with E-state index in [1.807, 2.05) is 48.5 Å². The Morgan fingerprint density at radius 3 is 2.58 bits per heavy atom. The molecule has 0 aliphatic carbocycles. The SMILES string of the molecule is Nc1ccc(CCc2[nH][nH]c(=O)c2C=C2N=c3ccccc3=C2CC(N)C(=O)O)cc1. The van der Waals surface area contributed by atoms with Crippen LogP contribution >= 0.6 is 0 Å². The van der Waals surface area contributed by atoms with Crippen molar-refractivity contribution in [1.82, 2.24) is 10.2 Å². The zero-order chi connectivity index (χ0) is 22.0. The number of allylic oxidation sites excluding steroid dienone is 1. The van der Waals surface area contributed by atoms with Gasteiger partial charge in [0, 0.05) is 23.0 Å². The summed E-state index contributed by atoms with van der Waals surface area (Å²) in [5.41, 5.74) is 15.6. The second kappa shape index (κ2) is 8.45. The number of fused-ring (bicyclic) bond motifs is 1. The highest BCUT2D eigenvalue weighted by molar-refractivity contribution is 5.81. The number of carboxylic acid groups (broad SMARTS) is 1. The van der Waals surface area contributed by atoms with Crippen LogP contribution < -0.4 is 27.6 Å². The lowest BCUT2D eigenvalue weighted by Gasteiger charge is -2.09. The standard InChI is InChI=1S/C23H23N5O3/c24-14-8-5-13(6-9-14)7-10-20-17(22(29)28-27-20)12-21-16(11-18(25)23(30)31)15-3-1-2-4-19(15)26-21/h1-6,8-9,12,18H,7,10-11,24-25H2,(H,30,31)(H2,27,28,29). The Balaban J connectivity index is 1.68. The summed E-state index contributed by atoms with van der Waals surface area (Å²) in [5.74, 6) is -1.08. The van der Waals surface area contributed by atoms with Crippen LogP contribution in [-0.4, -0.2) is 27.3 Å². The van der Waals surface area contributed by atoms with Gasteiger partial charge in [-0.2, -0.15) is 0 Å². The molecule has 0 amide bonds. The van der Waals surface area contributed by atoms with Crippen LogP contribution in [0, 0.1) is 0 Å². The Morgan fingerprint density at radius 1 is 1.10 bits per heavy atom. The van der Waals surface area contributed by atoms with Crippen LogP contribution in [0.2, 0.25) is 0 Å². The largest absolute Gasteiger partial charge is 0.480 e. The Morgan fingerprint density at radius 2 is 1.84 bits per heavy atom. The first kappa shape index (κ1) is 20.4. The molecule has 0 saturated carbocycles. The zero-order valence-electron chi connectivity index (χ0n) is 16.8. The van der Waals surface area contributed by atoms with E-state index in [0.717, 1.165) is 33.8 Å². The minimum absolute atomic E-state index is 0.116. The van der Waals surface area contributed by atoms with Crippen molar-refractivity contribution < 1.29 is 9.90 Å². The molecule has 1 aromatic heterocycles. The van der Waals surface area contributed by atoms with E-state index in [0.29, 0.717) is 23.4 Å². The Labute approximate surface area is 177 Å². The molecule has 1 aliphatic heterocycles. The van der Waals surface area contributed by atoms with Gasteiger partial charge in [-0.3, -0.25) is 14.7 Å². The molecule has 0 radical (unpaired) electrons. The highest BCUT2D eigenvalue weighted by atomic mass is 16.4. The number of para-hydroxylation sites is 1. The number of aryl methyl sites for hydroxylation is 2. The van der Waals surface area contributed by atoms with E-state index in [4.69, 9.17) is 11.5 Å². The average molecular weight is 417 g/mol. The number of nitrogens with one attached hydrogen (secondary N) is 2. The normalized spacial score (nSPS) is 15.0. The van der Waals surface area contributed by atoms with Crippen molar-refractivity contribution in [3.05, 3.63) is 92.0 Å². The molecule has 1 unspecified atom stereocenters. The number of anilines is 1. The summed E-state index contributed by atoms with van der Waals surface area (Å²) in [6, 6.07) is 14.0. The number of rotatable bonds is 7. The number of nitrogens with zero attached hydrogens (tertiary/aromatic N) is 1. The molecule has 7 N–H and O–H groups in total. The minimum Gasteiger partial charge on any atom is -0.480 e. The van der Waals surface area contributed by atoms with E-state index in [9.17, 15) is 14.7 Å². The number of benzene rings is 2. The van der Waals surface area contributed by atoms with E-state index < -0.39 is 12.0 Å². The molecule has 0 spiro atoms. The van der Waals surface area contributed by atoms with E-state index in [-0.39, 0.29) is 12.0 Å². The summed E-state index contributed by atoms with van der Waals surface area (Å²) in [6.07, 6.45) is 3.16. The maximum atomic E-state index is 12.5. The lowest BCUT2D eigenvalue weighted by atomic mass is 10.00. The van der Waals surface area contributed by atoms with Crippen LogP contribution in [0.1, 0.15) is 23.2 Å². The predicted molar refractivity (Wildman–Crippen MR) is 119 cm³/mol. The molecular formula is C23H23N5O3. The van der Waals surface area contributed by atoms with Crippen LogP contribution in [0.4, 0.5) is 5.69 Å². The maximum Gasteiger partial charge on any atom is 0.320 e.